The molecule has 0 fully saturated rings. The van der Waals surface area contributed by atoms with E-state index in [1.54, 1.807) is 0 Å². The van der Waals surface area contributed by atoms with Crippen LogP contribution in [0.5, 0.6) is 0 Å². The van der Waals surface area contributed by atoms with Gasteiger partial charge in [0.25, 0.3) is 0 Å². The number of rotatable bonds is 5. The van der Waals surface area contributed by atoms with Crippen LogP contribution in [0.15, 0.2) is 30.3 Å². The van der Waals surface area contributed by atoms with Gasteiger partial charge in [0.15, 0.2) is 0 Å². The van der Waals surface area contributed by atoms with E-state index >= 15 is 0 Å². The van der Waals surface area contributed by atoms with E-state index in [-0.39, 0.29) is 11.8 Å². The molecule has 0 saturated carbocycles. The molecule has 0 unspecified atom stereocenters. The highest BCUT2D eigenvalue weighted by Gasteiger charge is 2.23. The molecule has 0 aliphatic heterocycles. The Morgan fingerprint density at radius 1 is 1.20 bits per heavy atom. The Hall–Kier alpha value is -1.15. The summed E-state index contributed by atoms with van der Waals surface area (Å²) in [5.41, 5.74) is 0.824. The van der Waals surface area contributed by atoms with Crippen LogP contribution in [0.25, 0.3) is 0 Å². The van der Waals surface area contributed by atoms with Gasteiger partial charge in [-0.3, -0.25) is 4.79 Å². The lowest BCUT2D eigenvalue weighted by atomic mass is 10.0. The van der Waals surface area contributed by atoms with Crippen molar-refractivity contribution in [3.63, 3.8) is 0 Å². The monoisotopic (exact) mass is 206 g/mol. The molecule has 0 radical (unpaired) electrons. The smallest absolute Gasteiger partial charge is 0.219 e. The SMILES string of the molecule is CC[NH+](CC)[C@@H](C)C(=O)c1ccccc1. The van der Waals surface area contributed by atoms with Crippen LogP contribution in [0.3, 0.4) is 0 Å². The maximum atomic E-state index is 12.1. The fourth-order valence-electron chi connectivity index (χ4n) is 1.90. The summed E-state index contributed by atoms with van der Waals surface area (Å²) in [4.78, 5) is 13.4. The van der Waals surface area contributed by atoms with Crippen LogP contribution < -0.4 is 4.90 Å². The minimum Gasteiger partial charge on any atom is -0.327 e. The van der Waals surface area contributed by atoms with Gasteiger partial charge in [-0.15, -0.1) is 0 Å². The third kappa shape index (κ3) is 2.90. The number of nitrogens with one attached hydrogen (secondary N) is 1. The topological polar surface area (TPSA) is 21.5 Å². The molecule has 1 aromatic rings. The van der Waals surface area contributed by atoms with E-state index < -0.39 is 0 Å². The Kier molecular flexibility index (Phi) is 4.50. The zero-order chi connectivity index (χ0) is 11.3. The van der Waals surface area contributed by atoms with E-state index in [9.17, 15) is 4.79 Å². The quantitative estimate of drug-likeness (QED) is 0.718. The molecule has 0 aromatic heterocycles. The van der Waals surface area contributed by atoms with Crippen molar-refractivity contribution >= 4 is 5.78 Å². The highest BCUT2D eigenvalue weighted by atomic mass is 16.1. The van der Waals surface area contributed by atoms with Crippen molar-refractivity contribution in [3.8, 4) is 0 Å². The normalized spacial score (nSPS) is 12.8. The van der Waals surface area contributed by atoms with E-state index in [4.69, 9.17) is 0 Å². The van der Waals surface area contributed by atoms with Gasteiger partial charge in [0.05, 0.1) is 13.1 Å². The second kappa shape index (κ2) is 5.66. The van der Waals surface area contributed by atoms with Gasteiger partial charge in [-0.2, -0.15) is 0 Å². The maximum absolute atomic E-state index is 12.1. The Morgan fingerprint density at radius 3 is 2.20 bits per heavy atom. The number of hydrogen-bond donors (Lipinski definition) is 1. The van der Waals surface area contributed by atoms with Crippen molar-refractivity contribution in [2.24, 2.45) is 0 Å². The van der Waals surface area contributed by atoms with Crippen molar-refractivity contribution in [1.82, 2.24) is 0 Å². The lowest BCUT2D eigenvalue weighted by Crippen LogP contribution is -3.15. The largest absolute Gasteiger partial charge is 0.327 e. The van der Waals surface area contributed by atoms with Crippen molar-refractivity contribution in [2.75, 3.05) is 13.1 Å². The highest BCUT2D eigenvalue weighted by Crippen LogP contribution is 2.01. The van der Waals surface area contributed by atoms with Gasteiger partial charge in [-0.05, 0) is 20.8 Å². The molecule has 0 spiro atoms. The van der Waals surface area contributed by atoms with E-state index in [0.29, 0.717) is 0 Å². The van der Waals surface area contributed by atoms with Gasteiger partial charge in [0, 0.05) is 5.56 Å². The average molecular weight is 206 g/mol. The first-order valence-electron chi connectivity index (χ1n) is 5.64. The lowest BCUT2D eigenvalue weighted by molar-refractivity contribution is -0.910. The van der Waals surface area contributed by atoms with Crippen LogP contribution >= 0.6 is 0 Å². The molecule has 1 N–H and O–H groups in total. The van der Waals surface area contributed by atoms with E-state index in [2.05, 4.69) is 13.8 Å². The Morgan fingerprint density at radius 2 is 1.73 bits per heavy atom. The summed E-state index contributed by atoms with van der Waals surface area (Å²) in [6.45, 7) is 8.24. The van der Waals surface area contributed by atoms with Gasteiger partial charge in [0.2, 0.25) is 5.78 Å². The molecule has 0 heterocycles. The lowest BCUT2D eigenvalue weighted by Gasteiger charge is -2.22. The second-order valence-corrected chi connectivity index (χ2v) is 3.82. The molecule has 0 aliphatic rings. The predicted octanol–water partition coefficient (Wildman–Crippen LogP) is 1.18. The number of carbonyl (C=O) groups excluding carboxylic acids is 1. The minimum atomic E-state index is 0.0578. The minimum absolute atomic E-state index is 0.0578. The summed E-state index contributed by atoms with van der Waals surface area (Å²) in [6.07, 6.45) is 0. The molecule has 0 bridgehead atoms. The molecule has 1 aromatic carbocycles. The van der Waals surface area contributed by atoms with Crippen molar-refractivity contribution in [3.05, 3.63) is 35.9 Å². The predicted molar refractivity (Wildman–Crippen MR) is 62.3 cm³/mol. The van der Waals surface area contributed by atoms with Crippen molar-refractivity contribution in [1.29, 1.82) is 0 Å². The first-order valence-corrected chi connectivity index (χ1v) is 5.64. The van der Waals surface area contributed by atoms with Crippen LogP contribution in [0.2, 0.25) is 0 Å². The average Bonchev–Trinajstić information content (AvgIpc) is 2.30. The number of likely N-dealkylation sites (N-methyl/N-ethyl adjacent to an activating group) is 1. The van der Waals surface area contributed by atoms with Gasteiger partial charge in [0.1, 0.15) is 6.04 Å². The van der Waals surface area contributed by atoms with Crippen LogP contribution in [-0.2, 0) is 0 Å². The van der Waals surface area contributed by atoms with Crippen molar-refractivity contribution < 1.29 is 9.69 Å². The van der Waals surface area contributed by atoms with Crippen LogP contribution in [0, 0.1) is 0 Å². The molecule has 0 aliphatic carbocycles. The number of Topliss-reactive ketones (excluding diaryl/α,β-unsaturated/α-hetero) is 1. The van der Waals surface area contributed by atoms with Gasteiger partial charge >= 0.3 is 0 Å². The third-order valence-electron chi connectivity index (χ3n) is 2.97. The maximum Gasteiger partial charge on any atom is 0.219 e. The molecule has 0 amide bonds. The first-order chi connectivity index (χ1) is 7.20. The standard InChI is InChI=1S/C13H19NO/c1-4-14(5-2)11(3)13(15)12-9-7-6-8-10-12/h6-11H,4-5H2,1-3H3/p+1/t11-/m0/s1. The molecular weight excluding hydrogens is 186 g/mol. The summed E-state index contributed by atoms with van der Waals surface area (Å²) >= 11 is 0. The summed E-state index contributed by atoms with van der Waals surface area (Å²) < 4.78 is 0. The second-order valence-electron chi connectivity index (χ2n) is 3.82. The number of carbonyl (C=O) groups is 1. The molecule has 0 saturated heterocycles. The van der Waals surface area contributed by atoms with Crippen LogP contribution in [0.1, 0.15) is 31.1 Å². The van der Waals surface area contributed by atoms with E-state index in [1.807, 2.05) is 37.3 Å². The summed E-state index contributed by atoms with van der Waals surface area (Å²) in [5, 5.41) is 0. The number of ketones is 1. The molecule has 1 rings (SSSR count). The number of hydrogen-bond acceptors (Lipinski definition) is 1. The zero-order valence-electron chi connectivity index (χ0n) is 9.79. The zero-order valence-corrected chi connectivity index (χ0v) is 9.79. The Labute approximate surface area is 91.9 Å². The first kappa shape index (κ1) is 11.9. The third-order valence-corrected chi connectivity index (χ3v) is 2.97. The van der Waals surface area contributed by atoms with Gasteiger partial charge < -0.3 is 4.90 Å². The molecule has 82 valence electrons. The molecule has 2 nitrogen and oxygen atoms in total. The Balaban J connectivity index is 2.77. The van der Waals surface area contributed by atoms with E-state index in [0.717, 1.165) is 18.7 Å². The number of benzene rings is 1. The fourth-order valence-corrected chi connectivity index (χ4v) is 1.90. The summed E-state index contributed by atoms with van der Waals surface area (Å²) in [5.74, 6) is 0.245. The number of quaternary nitrogens is 1. The summed E-state index contributed by atoms with van der Waals surface area (Å²) in [6, 6.07) is 9.60. The van der Waals surface area contributed by atoms with Gasteiger partial charge in [-0.25, -0.2) is 0 Å². The highest BCUT2D eigenvalue weighted by molar-refractivity contribution is 5.98. The Bertz CT molecular complexity index is 304. The van der Waals surface area contributed by atoms with Crippen LogP contribution in [0.4, 0.5) is 0 Å². The van der Waals surface area contributed by atoms with Crippen LogP contribution in [-0.4, -0.2) is 24.9 Å². The summed E-state index contributed by atoms with van der Waals surface area (Å²) in [7, 11) is 0. The van der Waals surface area contributed by atoms with Gasteiger partial charge in [-0.1, -0.05) is 30.3 Å². The van der Waals surface area contributed by atoms with E-state index in [1.165, 1.54) is 4.90 Å². The molecule has 1 atom stereocenters. The molecular formula is C13H20NO+. The fraction of sp³-hybridized carbons (Fsp3) is 0.462. The molecule has 2 heteroatoms. The van der Waals surface area contributed by atoms with Crippen molar-refractivity contribution in [2.45, 2.75) is 26.8 Å². The molecule has 15 heavy (non-hydrogen) atoms.